The van der Waals surface area contributed by atoms with E-state index < -0.39 is 36.1 Å². The normalized spacial score (nSPS) is 12.6. The maximum Gasteiger partial charge on any atom is 0.573 e. The van der Waals surface area contributed by atoms with E-state index >= 15 is 0 Å². The minimum absolute atomic E-state index is 0.00500. The molecule has 3 aromatic carbocycles. The van der Waals surface area contributed by atoms with Gasteiger partial charge < -0.3 is 35.8 Å². The lowest BCUT2D eigenvalue weighted by Gasteiger charge is -2.26. The molecule has 5 N–H and O–H groups in total. The number of nitrogens with zero attached hydrogens (tertiary/aromatic N) is 1. The minimum atomic E-state index is -4.90. The number of nitrogens with two attached hydrogens (primary N) is 1. The molecule has 0 fully saturated rings. The van der Waals surface area contributed by atoms with Crippen LogP contribution in [0.5, 0.6) is 11.5 Å². The number of primary amides is 1. The fraction of sp³-hybridized carbons (Fsp3) is 0.382. The Labute approximate surface area is 272 Å². The number of alkyl halides is 3. The van der Waals surface area contributed by atoms with Gasteiger partial charge in [0.1, 0.15) is 11.5 Å². The van der Waals surface area contributed by atoms with Crippen LogP contribution >= 0.6 is 0 Å². The molecule has 3 amide bonds. The third-order valence-electron chi connectivity index (χ3n) is 7.19. The Kier molecular flexibility index (Phi) is 13.6. The van der Waals surface area contributed by atoms with Crippen LogP contribution in [0, 0.1) is 0 Å². The van der Waals surface area contributed by atoms with E-state index in [4.69, 9.17) is 10.5 Å². The molecule has 2 atom stereocenters. The molecule has 0 heterocycles. The molecule has 3 rings (SSSR count). The average Bonchev–Trinajstić information content (AvgIpc) is 3.03. The largest absolute Gasteiger partial charge is 0.573 e. The number of hydrogen-bond acceptors (Lipinski definition) is 7. The zero-order valence-corrected chi connectivity index (χ0v) is 26.6. The molecule has 0 unspecified atom stereocenters. The second-order valence-corrected chi connectivity index (χ2v) is 11.0. The number of methoxy groups -OCH3 is 1. The molecule has 10 nitrogen and oxygen atoms in total. The summed E-state index contributed by atoms with van der Waals surface area (Å²) in [5.74, 6) is -1.73. The summed E-state index contributed by atoms with van der Waals surface area (Å²) in [5.41, 5.74) is 6.75. The molecule has 0 aliphatic heterocycles. The second-order valence-electron chi connectivity index (χ2n) is 11.0. The highest BCUT2D eigenvalue weighted by atomic mass is 19.4. The van der Waals surface area contributed by atoms with Crippen molar-refractivity contribution in [2.45, 2.75) is 58.2 Å². The van der Waals surface area contributed by atoms with E-state index in [0.717, 1.165) is 11.6 Å². The predicted octanol–water partition coefficient (Wildman–Crippen LogP) is 4.45. The van der Waals surface area contributed by atoms with E-state index in [1.807, 2.05) is 32.0 Å². The third kappa shape index (κ3) is 11.6. The zero-order valence-electron chi connectivity index (χ0n) is 26.6. The first-order chi connectivity index (χ1) is 22.3. The number of benzene rings is 3. The van der Waals surface area contributed by atoms with E-state index in [2.05, 4.69) is 15.4 Å². The van der Waals surface area contributed by atoms with E-state index in [0.29, 0.717) is 43.8 Å². The van der Waals surface area contributed by atoms with Crippen molar-refractivity contribution in [3.63, 3.8) is 0 Å². The van der Waals surface area contributed by atoms with E-state index in [1.165, 1.54) is 30.3 Å². The first-order valence-electron chi connectivity index (χ1n) is 15.2. The summed E-state index contributed by atoms with van der Waals surface area (Å²) in [7, 11) is 1.54. The second kappa shape index (κ2) is 17.3. The summed E-state index contributed by atoms with van der Waals surface area (Å²) in [4.78, 5) is 40.8. The number of ether oxygens (including phenoxy) is 2. The number of amides is 3. The lowest BCUT2D eigenvalue weighted by atomic mass is 9.99. The van der Waals surface area contributed by atoms with Crippen LogP contribution in [0.2, 0.25) is 0 Å². The monoisotopic (exact) mass is 658 g/mol. The van der Waals surface area contributed by atoms with Gasteiger partial charge in [-0.05, 0) is 72.9 Å². The first-order valence-corrected chi connectivity index (χ1v) is 15.2. The molecule has 0 saturated carbocycles. The lowest BCUT2D eigenvalue weighted by molar-refractivity contribution is -0.274. The van der Waals surface area contributed by atoms with Crippen LogP contribution in [0.15, 0.2) is 66.7 Å². The SMILES string of the molecule is CCCN(CCC)C(=O)c1cc(C(N)=O)cc(C(=O)N[C@@H](Cc2cccc(OC(F)(F)F)c2)[C@H](O)CNCc2cccc(OC)c2)c1. The highest BCUT2D eigenvalue weighted by Gasteiger charge is 2.31. The van der Waals surface area contributed by atoms with Crippen molar-refractivity contribution in [1.29, 1.82) is 0 Å². The zero-order chi connectivity index (χ0) is 34.6. The van der Waals surface area contributed by atoms with Crippen LogP contribution in [0.1, 0.15) is 68.9 Å². The van der Waals surface area contributed by atoms with Crippen molar-refractivity contribution in [2.24, 2.45) is 5.73 Å². The number of carbonyl (C=O) groups excluding carboxylic acids is 3. The molecule has 3 aromatic rings. The van der Waals surface area contributed by atoms with Crippen LogP contribution in [0.25, 0.3) is 0 Å². The van der Waals surface area contributed by atoms with Crippen molar-refractivity contribution in [2.75, 3.05) is 26.7 Å². The predicted molar refractivity (Wildman–Crippen MR) is 170 cm³/mol. The van der Waals surface area contributed by atoms with Crippen LogP contribution < -0.4 is 25.8 Å². The standard InChI is InChI=1S/C34H41F3N4O6/c1-4-12-41(13-5-2)33(45)26-18-24(31(38)43)17-25(19-26)32(44)40-29(16-22-8-6-11-28(14-22)47-34(35,36)37)30(42)21-39-20-23-9-7-10-27(15-23)46-3/h6-11,14-15,17-19,29-30,39,42H,4-5,12-13,16,20-21H2,1-3H3,(H2,38,43)(H,40,44)/t29-,30+/m0/s1. The van der Waals surface area contributed by atoms with Gasteiger partial charge in [0.05, 0.1) is 19.3 Å². The molecule has 0 saturated heterocycles. The van der Waals surface area contributed by atoms with Crippen molar-refractivity contribution >= 4 is 17.7 Å². The highest BCUT2D eigenvalue weighted by Crippen LogP contribution is 2.24. The molecule has 0 aromatic heterocycles. The maximum atomic E-state index is 13.6. The minimum Gasteiger partial charge on any atom is -0.497 e. The van der Waals surface area contributed by atoms with Gasteiger partial charge in [0.25, 0.3) is 11.8 Å². The smallest absolute Gasteiger partial charge is 0.497 e. The summed E-state index contributed by atoms with van der Waals surface area (Å²) in [6.07, 6.45) is -4.79. The summed E-state index contributed by atoms with van der Waals surface area (Å²) in [6.45, 7) is 5.15. The molecular formula is C34H41F3N4O6. The van der Waals surface area contributed by atoms with Crippen LogP contribution in [0.4, 0.5) is 13.2 Å². The summed E-state index contributed by atoms with van der Waals surface area (Å²) in [5, 5.41) is 17.1. The Morgan fingerprint density at radius 2 is 1.49 bits per heavy atom. The molecule has 0 bridgehead atoms. The van der Waals surface area contributed by atoms with Crippen LogP contribution in [-0.2, 0) is 13.0 Å². The molecule has 0 aliphatic rings. The summed E-state index contributed by atoms with van der Waals surface area (Å²) >= 11 is 0. The van der Waals surface area contributed by atoms with Crippen molar-refractivity contribution < 1.29 is 42.1 Å². The molecule has 254 valence electrons. The third-order valence-corrected chi connectivity index (χ3v) is 7.19. The van der Waals surface area contributed by atoms with Gasteiger partial charge in [-0.2, -0.15) is 0 Å². The fourth-order valence-corrected chi connectivity index (χ4v) is 5.01. The van der Waals surface area contributed by atoms with E-state index in [9.17, 15) is 32.7 Å². The van der Waals surface area contributed by atoms with Crippen molar-refractivity contribution in [3.05, 3.63) is 94.5 Å². The van der Waals surface area contributed by atoms with Gasteiger partial charge in [0.2, 0.25) is 5.91 Å². The topological polar surface area (TPSA) is 143 Å². The van der Waals surface area contributed by atoms with Gasteiger partial charge in [-0.25, -0.2) is 0 Å². The number of nitrogens with one attached hydrogen (secondary N) is 2. The molecule has 0 radical (unpaired) electrons. The summed E-state index contributed by atoms with van der Waals surface area (Å²) < 4.78 is 47.9. The number of carbonyl (C=O) groups is 3. The molecular weight excluding hydrogens is 617 g/mol. The Balaban J connectivity index is 1.89. The molecule has 47 heavy (non-hydrogen) atoms. The van der Waals surface area contributed by atoms with Gasteiger partial charge >= 0.3 is 6.36 Å². The number of rotatable bonds is 17. The van der Waals surface area contributed by atoms with Crippen molar-refractivity contribution in [3.8, 4) is 11.5 Å². The summed E-state index contributed by atoms with van der Waals surface area (Å²) in [6, 6.07) is 15.4. The van der Waals surface area contributed by atoms with Gasteiger partial charge in [-0.15, -0.1) is 13.2 Å². The van der Waals surface area contributed by atoms with Gasteiger partial charge in [0.15, 0.2) is 0 Å². The number of halogens is 3. The van der Waals surface area contributed by atoms with Gasteiger partial charge in [-0.3, -0.25) is 14.4 Å². The fourth-order valence-electron chi connectivity index (χ4n) is 5.01. The van der Waals surface area contributed by atoms with Gasteiger partial charge in [0, 0.05) is 42.9 Å². The van der Waals surface area contributed by atoms with E-state index in [-0.39, 0.29) is 35.6 Å². The Bertz CT molecular complexity index is 1510. The highest BCUT2D eigenvalue weighted by molar-refractivity contribution is 6.04. The molecule has 13 heteroatoms. The molecule has 0 aliphatic carbocycles. The Hall–Kier alpha value is -4.62. The van der Waals surface area contributed by atoms with Gasteiger partial charge in [-0.1, -0.05) is 38.1 Å². The lowest BCUT2D eigenvalue weighted by Crippen LogP contribution is -2.48. The number of hydrogen-bond donors (Lipinski definition) is 4. The average molecular weight is 659 g/mol. The van der Waals surface area contributed by atoms with Crippen molar-refractivity contribution in [1.82, 2.24) is 15.5 Å². The van der Waals surface area contributed by atoms with Crippen LogP contribution in [-0.4, -0.2) is 73.0 Å². The maximum absolute atomic E-state index is 13.6. The van der Waals surface area contributed by atoms with E-state index in [1.54, 1.807) is 24.1 Å². The Morgan fingerprint density at radius 3 is 2.11 bits per heavy atom. The molecule has 0 spiro atoms. The first kappa shape index (κ1) is 36.8. The number of aliphatic hydroxyl groups is 1. The number of aliphatic hydroxyl groups excluding tert-OH is 1. The Morgan fingerprint density at radius 1 is 0.894 bits per heavy atom. The van der Waals surface area contributed by atoms with Crippen LogP contribution in [0.3, 0.4) is 0 Å². The quantitative estimate of drug-likeness (QED) is 0.168.